The van der Waals surface area contributed by atoms with E-state index in [1.54, 1.807) is 4.90 Å². The van der Waals surface area contributed by atoms with Crippen molar-refractivity contribution in [1.82, 2.24) is 15.1 Å². The van der Waals surface area contributed by atoms with Crippen LogP contribution in [0.15, 0.2) is 0 Å². The first-order valence-electron chi connectivity index (χ1n) is 5.86. The molecular weight excluding hydrogens is 206 g/mol. The summed E-state index contributed by atoms with van der Waals surface area (Å²) in [6.07, 6.45) is 0.887. The van der Waals surface area contributed by atoms with E-state index >= 15 is 0 Å². The van der Waals surface area contributed by atoms with E-state index in [0.717, 1.165) is 32.6 Å². The van der Waals surface area contributed by atoms with Gasteiger partial charge in [-0.2, -0.15) is 0 Å². The quantitative estimate of drug-likeness (QED) is 0.670. The van der Waals surface area contributed by atoms with Gasteiger partial charge in [0.15, 0.2) is 0 Å². The zero-order valence-electron chi connectivity index (χ0n) is 10.2. The number of nitrogens with one attached hydrogen (secondary N) is 1. The summed E-state index contributed by atoms with van der Waals surface area (Å²) in [7, 11) is 2.04. The molecule has 1 aliphatic heterocycles. The second-order valence-electron chi connectivity index (χ2n) is 4.21. The average Bonchev–Trinajstić information content (AvgIpc) is 2.27. The monoisotopic (exact) mass is 227 g/mol. The minimum absolute atomic E-state index is 0.0102. The number of hydrogen-bond donors (Lipinski definition) is 1. The van der Waals surface area contributed by atoms with Crippen molar-refractivity contribution in [2.45, 2.75) is 19.8 Å². The lowest BCUT2D eigenvalue weighted by Crippen LogP contribution is -2.48. The minimum Gasteiger partial charge on any atom is -0.356 e. The van der Waals surface area contributed by atoms with Crippen LogP contribution in [0.5, 0.6) is 0 Å². The lowest BCUT2D eigenvalue weighted by atomic mass is 10.2. The molecule has 0 spiro atoms. The van der Waals surface area contributed by atoms with Crippen molar-refractivity contribution in [2.75, 3.05) is 39.8 Å². The molecular formula is C11H21N3O2. The van der Waals surface area contributed by atoms with Gasteiger partial charge in [-0.15, -0.1) is 0 Å². The van der Waals surface area contributed by atoms with Crippen LogP contribution < -0.4 is 5.32 Å². The van der Waals surface area contributed by atoms with E-state index in [1.807, 2.05) is 14.0 Å². The largest absolute Gasteiger partial charge is 0.356 e. The summed E-state index contributed by atoms with van der Waals surface area (Å²) in [5.41, 5.74) is 0. The fraction of sp³-hybridized carbons (Fsp3) is 0.818. The number of rotatable bonds is 4. The molecule has 5 heteroatoms. The number of carbonyl (C=O) groups excluding carboxylic acids is 2. The smallest absolute Gasteiger partial charge is 0.232 e. The normalized spacial score (nSPS) is 17.2. The zero-order chi connectivity index (χ0) is 12.0. The van der Waals surface area contributed by atoms with Crippen LogP contribution in [0.2, 0.25) is 0 Å². The Bertz CT molecular complexity index is 248. The van der Waals surface area contributed by atoms with Gasteiger partial charge in [0.2, 0.25) is 11.8 Å². The van der Waals surface area contributed by atoms with Gasteiger partial charge in [0.25, 0.3) is 0 Å². The first-order chi connectivity index (χ1) is 7.63. The summed E-state index contributed by atoms with van der Waals surface area (Å²) in [4.78, 5) is 27.0. The SMILES string of the molecule is CCCNC(=O)CC(=O)N1CCN(C)CC1. The van der Waals surface area contributed by atoms with E-state index in [0.29, 0.717) is 6.54 Å². The van der Waals surface area contributed by atoms with Gasteiger partial charge in [-0.3, -0.25) is 9.59 Å². The van der Waals surface area contributed by atoms with E-state index in [9.17, 15) is 9.59 Å². The van der Waals surface area contributed by atoms with E-state index in [2.05, 4.69) is 10.2 Å². The van der Waals surface area contributed by atoms with E-state index in [4.69, 9.17) is 0 Å². The Kier molecular flexibility index (Phi) is 5.25. The molecule has 2 amide bonds. The standard InChI is InChI=1S/C11H21N3O2/c1-3-4-12-10(15)9-11(16)14-7-5-13(2)6-8-14/h3-9H2,1-2H3,(H,12,15). The predicted molar refractivity (Wildman–Crippen MR) is 62.0 cm³/mol. The molecule has 0 bridgehead atoms. The molecule has 16 heavy (non-hydrogen) atoms. The average molecular weight is 227 g/mol. The molecule has 0 radical (unpaired) electrons. The van der Waals surface area contributed by atoms with Gasteiger partial charge in [0.05, 0.1) is 0 Å². The maximum Gasteiger partial charge on any atom is 0.232 e. The number of likely N-dealkylation sites (N-methyl/N-ethyl adjacent to an activating group) is 1. The highest BCUT2D eigenvalue weighted by atomic mass is 16.2. The topological polar surface area (TPSA) is 52.7 Å². The number of piperazine rings is 1. The van der Waals surface area contributed by atoms with Crippen molar-refractivity contribution < 1.29 is 9.59 Å². The zero-order valence-corrected chi connectivity index (χ0v) is 10.2. The fourth-order valence-electron chi connectivity index (χ4n) is 1.63. The van der Waals surface area contributed by atoms with E-state index < -0.39 is 0 Å². The molecule has 1 heterocycles. The van der Waals surface area contributed by atoms with Gasteiger partial charge in [0.1, 0.15) is 6.42 Å². The van der Waals surface area contributed by atoms with E-state index in [1.165, 1.54) is 0 Å². The molecule has 5 nitrogen and oxygen atoms in total. The molecule has 0 saturated carbocycles. The van der Waals surface area contributed by atoms with Gasteiger partial charge in [-0.05, 0) is 13.5 Å². The molecule has 1 saturated heterocycles. The molecule has 1 N–H and O–H groups in total. The van der Waals surface area contributed by atoms with Crippen molar-refractivity contribution >= 4 is 11.8 Å². The summed E-state index contributed by atoms with van der Waals surface area (Å²) >= 11 is 0. The molecule has 92 valence electrons. The maximum absolute atomic E-state index is 11.7. The van der Waals surface area contributed by atoms with Crippen LogP contribution in [0.25, 0.3) is 0 Å². The molecule has 0 aromatic carbocycles. The molecule has 1 rings (SSSR count). The van der Waals surface area contributed by atoms with Gasteiger partial charge < -0.3 is 15.1 Å². The first kappa shape index (κ1) is 13.0. The molecule has 0 aromatic heterocycles. The molecule has 0 atom stereocenters. The lowest BCUT2D eigenvalue weighted by Gasteiger charge is -2.32. The van der Waals surface area contributed by atoms with Gasteiger partial charge in [-0.25, -0.2) is 0 Å². The molecule has 0 aromatic rings. The third-order valence-electron chi connectivity index (χ3n) is 2.74. The highest BCUT2D eigenvalue weighted by molar-refractivity contribution is 5.96. The predicted octanol–water partition coefficient (Wildman–Crippen LogP) is -0.323. The van der Waals surface area contributed by atoms with Crippen molar-refractivity contribution in [3.63, 3.8) is 0 Å². The maximum atomic E-state index is 11.7. The van der Waals surface area contributed by atoms with Crippen molar-refractivity contribution in [1.29, 1.82) is 0 Å². The Balaban J connectivity index is 2.26. The fourth-order valence-corrected chi connectivity index (χ4v) is 1.63. The Labute approximate surface area is 96.8 Å². The Morgan fingerprint density at radius 3 is 2.38 bits per heavy atom. The van der Waals surface area contributed by atoms with Crippen LogP contribution in [0.4, 0.5) is 0 Å². The summed E-state index contributed by atoms with van der Waals surface area (Å²) < 4.78 is 0. The van der Waals surface area contributed by atoms with Crippen molar-refractivity contribution in [3.05, 3.63) is 0 Å². The Morgan fingerprint density at radius 2 is 1.81 bits per heavy atom. The summed E-state index contributed by atoms with van der Waals surface area (Å²) in [5, 5.41) is 2.71. The van der Waals surface area contributed by atoms with Crippen LogP contribution in [-0.2, 0) is 9.59 Å². The number of hydrogen-bond acceptors (Lipinski definition) is 3. The molecule has 0 unspecified atom stereocenters. The lowest BCUT2D eigenvalue weighted by molar-refractivity contribution is -0.137. The Morgan fingerprint density at radius 1 is 1.19 bits per heavy atom. The second kappa shape index (κ2) is 6.48. The summed E-state index contributed by atoms with van der Waals surface area (Å²) in [6.45, 7) is 5.88. The molecule has 0 aliphatic carbocycles. The minimum atomic E-state index is -0.161. The third-order valence-corrected chi connectivity index (χ3v) is 2.74. The highest BCUT2D eigenvalue weighted by Crippen LogP contribution is 2.01. The molecule has 1 fully saturated rings. The van der Waals surface area contributed by atoms with Gasteiger partial charge >= 0.3 is 0 Å². The van der Waals surface area contributed by atoms with Crippen LogP contribution in [0.1, 0.15) is 19.8 Å². The number of carbonyl (C=O) groups is 2. The van der Waals surface area contributed by atoms with E-state index in [-0.39, 0.29) is 18.2 Å². The van der Waals surface area contributed by atoms with Crippen LogP contribution in [0.3, 0.4) is 0 Å². The van der Waals surface area contributed by atoms with Gasteiger partial charge in [0, 0.05) is 32.7 Å². The second-order valence-corrected chi connectivity index (χ2v) is 4.21. The van der Waals surface area contributed by atoms with Gasteiger partial charge in [-0.1, -0.05) is 6.92 Å². The van der Waals surface area contributed by atoms with Crippen molar-refractivity contribution in [3.8, 4) is 0 Å². The highest BCUT2D eigenvalue weighted by Gasteiger charge is 2.20. The van der Waals surface area contributed by atoms with Crippen LogP contribution in [0, 0.1) is 0 Å². The number of amides is 2. The number of nitrogens with zero attached hydrogens (tertiary/aromatic N) is 2. The Hall–Kier alpha value is -1.10. The van der Waals surface area contributed by atoms with Crippen LogP contribution in [-0.4, -0.2) is 61.4 Å². The summed E-state index contributed by atoms with van der Waals surface area (Å²) in [5.74, 6) is -0.215. The molecule has 1 aliphatic rings. The summed E-state index contributed by atoms with van der Waals surface area (Å²) in [6, 6.07) is 0. The van der Waals surface area contributed by atoms with Crippen molar-refractivity contribution in [2.24, 2.45) is 0 Å². The van der Waals surface area contributed by atoms with Crippen LogP contribution >= 0.6 is 0 Å². The third kappa shape index (κ3) is 4.18. The first-order valence-corrected chi connectivity index (χ1v) is 5.86.